The molecule has 0 aliphatic carbocycles. The maximum atomic E-state index is 13.0. The summed E-state index contributed by atoms with van der Waals surface area (Å²) in [5.41, 5.74) is 1.51. The Hall–Kier alpha value is -2.76. The molecule has 1 saturated heterocycles. The van der Waals surface area contributed by atoms with Crippen LogP contribution in [0.4, 0.5) is 0 Å². The highest BCUT2D eigenvalue weighted by Gasteiger charge is 2.26. The molecular formula is C22H27N5O. The maximum Gasteiger partial charge on any atom is 0.272 e. The molecule has 4 rings (SSSR count). The molecule has 28 heavy (non-hydrogen) atoms. The molecule has 0 saturated carbocycles. The van der Waals surface area contributed by atoms with Crippen LogP contribution < -0.4 is 0 Å². The molecule has 2 aromatic heterocycles. The Morgan fingerprint density at radius 1 is 1.21 bits per heavy atom. The van der Waals surface area contributed by atoms with Crippen LogP contribution in [0.5, 0.6) is 0 Å². The average molecular weight is 377 g/mol. The van der Waals surface area contributed by atoms with Gasteiger partial charge >= 0.3 is 0 Å². The molecule has 6 nitrogen and oxygen atoms in total. The largest absolute Gasteiger partial charge is 0.337 e. The van der Waals surface area contributed by atoms with Gasteiger partial charge in [0.05, 0.1) is 5.69 Å². The highest BCUT2D eigenvalue weighted by molar-refractivity contribution is 5.96. The minimum absolute atomic E-state index is 0.00539. The van der Waals surface area contributed by atoms with Crippen molar-refractivity contribution in [2.45, 2.75) is 45.6 Å². The normalized spacial score (nSPS) is 17.8. The second-order valence-electron chi connectivity index (χ2n) is 8.75. The molecule has 1 aliphatic rings. The van der Waals surface area contributed by atoms with Gasteiger partial charge in [-0.25, -0.2) is 0 Å². The molecular weight excluding hydrogens is 350 g/mol. The second-order valence-corrected chi connectivity index (χ2v) is 8.75. The summed E-state index contributed by atoms with van der Waals surface area (Å²) in [6.07, 6.45) is 5.92. The highest BCUT2D eigenvalue weighted by Crippen LogP contribution is 2.23. The molecule has 146 valence electrons. The summed E-state index contributed by atoms with van der Waals surface area (Å²) in [5, 5.41) is 10.7. The molecule has 3 heterocycles. The predicted molar refractivity (Wildman–Crippen MR) is 109 cm³/mol. The summed E-state index contributed by atoms with van der Waals surface area (Å²) in [4.78, 5) is 19.3. The van der Waals surface area contributed by atoms with Crippen LogP contribution in [0.2, 0.25) is 0 Å². The van der Waals surface area contributed by atoms with Crippen LogP contribution in [0.3, 0.4) is 0 Å². The number of benzene rings is 1. The van der Waals surface area contributed by atoms with Crippen molar-refractivity contribution in [2.24, 2.45) is 5.92 Å². The van der Waals surface area contributed by atoms with Gasteiger partial charge in [0.15, 0.2) is 0 Å². The van der Waals surface area contributed by atoms with Crippen molar-refractivity contribution in [3.63, 3.8) is 0 Å². The van der Waals surface area contributed by atoms with Gasteiger partial charge in [-0.2, -0.15) is 0 Å². The molecule has 6 heteroatoms. The highest BCUT2D eigenvalue weighted by atomic mass is 16.2. The number of pyridine rings is 1. The molecule has 0 N–H and O–H groups in total. The summed E-state index contributed by atoms with van der Waals surface area (Å²) >= 11 is 0. The van der Waals surface area contributed by atoms with E-state index in [-0.39, 0.29) is 11.3 Å². The summed E-state index contributed by atoms with van der Waals surface area (Å²) < 4.78 is 1.92. The van der Waals surface area contributed by atoms with E-state index in [0.29, 0.717) is 11.6 Å². The van der Waals surface area contributed by atoms with Gasteiger partial charge < -0.3 is 4.90 Å². The van der Waals surface area contributed by atoms with Crippen LogP contribution in [0, 0.1) is 5.92 Å². The fourth-order valence-electron chi connectivity index (χ4n) is 3.76. The van der Waals surface area contributed by atoms with E-state index in [2.05, 4.69) is 36.1 Å². The first kappa shape index (κ1) is 18.6. The van der Waals surface area contributed by atoms with E-state index < -0.39 is 0 Å². The van der Waals surface area contributed by atoms with E-state index in [0.717, 1.165) is 48.9 Å². The number of aromatic nitrogens is 4. The smallest absolute Gasteiger partial charge is 0.272 e. The second kappa shape index (κ2) is 7.34. The third-order valence-corrected chi connectivity index (χ3v) is 5.41. The number of fused-ring (bicyclic) bond motifs is 1. The van der Waals surface area contributed by atoms with Crippen molar-refractivity contribution in [2.75, 3.05) is 13.1 Å². The van der Waals surface area contributed by atoms with Gasteiger partial charge in [-0.05, 0) is 30.2 Å². The molecule has 1 aliphatic heterocycles. The Morgan fingerprint density at radius 3 is 2.75 bits per heavy atom. The van der Waals surface area contributed by atoms with E-state index in [1.807, 2.05) is 46.1 Å². The molecule has 0 spiro atoms. The Morgan fingerprint density at radius 2 is 2.00 bits per heavy atom. The number of carbonyl (C=O) groups is 1. The maximum absolute atomic E-state index is 13.0. The van der Waals surface area contributed by atoms with Crippen molar-refractivity contribution in [1.82, 2.24) is 24.9 Å². The van der Waals surface area contributed by atoms with Crippen LogP contribution in [0.1, 0.15) is 49.8 Å². The number of piperidine rings is 1. The standard InChI is InChI=1S/C22H27N5O/c1-22(2,3)20-15-27(25-24-20)14-16-7-6-10-26(13-16)21(28)19-11-17-8-4-5-9-18(17)12-23-19/h4-5,8-9,11-12,15-16H,6-7,10,13-14H2,1-3H3/t16-/m0/s1. The van der Waals surface area contributed by atoms with Gasteiger partial charge in [0.2, 0.25) is 0 Å². The lowest BCUT2D eigenvalue weighted by molar-refractivity contribution is 0.0653. The van der Waals surface area contributed by atoms with E-state index in [1.165, 1.54) is 0 Å². The van der Waals surface area contributed by atoms with Crippen LogP contribution in [0.15, 0.2) is 42.7 Å². The number of hydrogen-bond donors (Lipinski definition) is 0. The van der Waals surface area contributed by atoms with Crippen molar-refractivity contribution in [1.29, 1.82) is 0 Å². The monoisotopic (exact) mass is 377 g/mol. The lowest BCUT2D eigenvalue weighted by atomic mass is 9.93. The van der Waals surface area contributed by atoms with Crippen LogP contribution in [-0.2, 0) is 12.0 Å². The summed E-state index contributed by atoms with van der Waals surface area (Å²) in [7, 11) is 0. The summed E-state index contributed by atoms with van der Waals surface area (Å²) in [6, 6.07) is 9.89. The first-order chi connectivity index (χ1) is 13.4. The molecule has 1 amide bonds. The van der Waals surface area contributed by atoms with Gasteiger partial charge in [-0.1, -0.05) is 50.3 Å². The topological polar surface area (TPSA) is 63.9 Å². The Bertz CT molecular complexity index is 988. The third-order valence-electron chi connectivity index (χ3n) is 5.41. The van der Waals surface area contributed by atoms with E-state index in [4.69, 9.17) is 0 Å². The zero-order valence-electron chi connectivity index (χ0n) is 16.8. The van der Waals surface area contributed by atoms with Crippen molar-refractivity contribution < 1.29 is 4.79 Å². The minimum atomic E-state index is -0.00539. The number of likely N-dealkylation sites (tertiary alicyclic amines) is 1. The predicted octanol–water partition coefficient (Wildman–Crippen LogP) is 3.68. The fraction of sp³-hybridized carbons (Fsp3) is 0.455. The number of hydrogen-bond acceptors (Lipinski definition) is 4. The first-order valence-corrected chi connectivity index (χ1v) is 9.95. The van der Waals surface area contributed by atoms with E-state index in [1.54, 1.807) is 6.20 Å². The molecule has 3 aromatic rings. The number of nitrogens with zero attached hydrogens (tertiary/aromatic N) is 5. The van der Waals surface area contributed by atoms with Gasteiger partial charge in [-0.3, -0.25) is 14.5 Å². The van der Waals surface area contributed by atoms with Crippen LogP contribution in [0.25, 0.3) is 10.8 Å². The lowest BCUT2D eigenvalue weighted by Gasteiger charge is -2.32. The molecule has 1 atom stereocenters. The zero-order valence-corrected chi connectivity index (χ0v) is 16.8. The summed E-state index contributed by atoms with van der Waals surface area (Å²) in [6.45, 7) is 8.72. The Labute approximate surface area is 165 Å². The van der Waals surface area contributed by atoms with Crippen molar-refractivity contribution in [3.8, 4) is 0 Å². The SMILES string of the molecule is CC(C)(C)c1cn(C[C@H]2CCCN(C(=O)c3cc4ccccc4cn3)C2)nn1. The van der Waals surface area contributed by atoms with Crippen molar-refractivity contribution >= 4 is 16.7 Å². The molecule has 1 fully saturated rings. The Balaban J connectivity index is 1.45. The van der Waals surface area contributed by atoms with Gasteiger partial charge in [0.25, 0.3) is 5.91 Å². The summed E-state index contributed by atoms with van der Waals surface area (Å²) in [5.74, 6) is 0.400. The quantitative estimate of drug-likeness (QED) is 0.698. The number of amides is 1. The molecule has 0 bridgehead atoms. The fourth-order valence-corrected chi connectivity index (χ4v) is 3.76. The molecule has 0 unspecified atom stereocenters. The van der Waals surface area contributed by atoms with Crippen LogP contribution >= 0.6 is 0 Å². The van der Waals surface area contributed by atoms with Crippen molar-refractivity contribution in [3.05, 3.63) is 54.1 Å². The molecule has 0 radical (unpaired) electrons. The first-order valence-electron chi connectivity index (χ1n) is 9.95. The van der Waals surface area contributed by atoms with E-state index in [9.17, 15) is 4.79 Å². The Kier molecular flexibility index (Phi) is 4.87. The van der Waals surface area contributed by atoms with Gasteiger partial charge in [0.1, 0.15) is 5.69 Å². The van der Waals surface area contributed by atoms with E-state index >= 15 is 0 Å². The average Bonchev–Trinajstić information content (AvgIpc) is 3.16. The van der Waals surface area contributed by atoms with Gasteiger partial charge in [-0.15, -0.1) is 5.10 Å². The molecule has 1 aromatic carbocycles. The van der Waals surface area contributed by atoms with Gasteiger partial charge in [0, 0.05) is 42.8 Å². The lowest BCUT2D eigenvalue weighted by Crippen LogP contribution is -2.41. The number of carbonyl (C=O) groups excluding carboxylic acids is 1. The zero-order chi connectivity index (χ0) is 19.7. The number of rotatable bonds is 3. The minimum Gasteiger partial charge on any atom is -0.337 e. The van der Waals surface area contributed by atoms with Crippen LogP contribution in [-0.4, -0.2) is 43.9 Å². The third kappa shape index (κ3) is 3.91.